The predicted molar refractivity (Wildman–Crippen MR) is 72.7 cm³/mol. The molecule has 0 aliphatic heterocycles. The van der Waals surface area contributed by atoms with Gasteiger partial charge >= 0.3 is 12.0 Å². The summed E-state index contributed by atoms with van der Waals surface area (Å²) in [5.41, 5.74) is 0.134. The Labute approximate surface area is 117 Å². The highest BCUT2D eigenvalue weighted by Gasteiger charge is 2.28. The zero-order valence-electron chi connectivity index (χ0n) is 11.8. The van der Waals surface area contributed by atoms with Gasteiger partial charge < -0.3 is 15.3 Å². The molecule has 0 aliphatic carbocycles. The molecule has 110 valence electrons. The van der Waals surface area contributed by atoms with Crippen LogP contribution < -0.4 is 5.32 Å². The van der Waals surface area contributed by atoms with Crippen LogP contribution in [0.4, 0.5) is 9.18 Å². The molecule has 1 aromatic rings. The van der Waals surface area contributed by atoms with Crippen molar-refractivity contribution in [2.24, 2.45) is 0 Å². The number of carbonyl (C=O) groups excluding carboxylic acids is 1. The van der Waals surface area contributed by atoms with Crippen LogP contribution >= 0.6 is 0 Å². The van der Waals surface area contributed by atoms with E-state index < -0.39 is 17.5 Å². The van der Waals surface area contributed by atoms with Crippen molar-refractivity contribution in [2.45, 2.75) is 32.9 Å². The van der Waals surface area contributed by atoms with Gasteiger partial charge in [-0.1, -0.05) is 12.1 Å². The van der Waals surface area contributed by atoms with Crippen molar-refractivity contribution in [3.8, 4) is 0 Å². The molecule has 0 atom stereocenters. The summed E-state index contributed by atoms with van der Waals surface area (Å²) in [5, 5.41) is 11.5. The highest BCUT2D eigenvalue weighted by Crippen LogP contribution is 2.13. The molecule has 0 saturated heterocycles. The fourth-order valence-corrected chi connectivity index (χ4v) is 1.62. The Kier molecular flexibility index (Phi) is 5.07. The number of aliphatic carboxylic acids is 1. The molecule has 0 radical (unpaired) electrons. The number of benzene rings is 1. The summed E-state index contributed by atoms with van der Waals surface area (Å²) in [5.74, 6) is -1.42. The summed E-state index contributed by atoms with van der Waals surface area (Å²) in [4.78, 5) is 24.1. The average molecular weight is 282 g/mol. The molecule has 2 amide bonds. The summed E-state index contributed by atoms with van der Waals surface area (Å²) in [7, 11) is 0. The van der Waals surface area contributed by atoms with Gasteiger partial charge in [0.05, 0.1) is 0 Å². The number of urea groups is 1. The number of hydrogen-bond donors (Lipinski definition) is 2. The number of halogens is 1. The van der Waals surface area contributed by atoms with E-state index in [0.29, 0.717) is 0 Å². The Bertz CT molecular complexity index is 480. The van der Waals surface area contributed by atoms with Gasteiger partial charge in [0, 0.05) is 12.1 Å². The molecular weight excluding hydrogens is 263 g/mol. The van der Waals surface area contributed by atoms with Gasteiger partial charge in [-0.15, -0.1) is 0 Å². The first kappa shape index (κ1) is 15.9. The predicted octanol–water partition coefficient (Wildman–Crippen LogP) is 2.22. The molecule has 5 nitrogen and oxygen atoms in total. The van der Waals surface area contributed by atoms with Crippen LogP contribution in [0.5, 0.6) is 0 Å². The number of carbonyl (C=O) groups is 2. The van der Waals surface area contributed by atoms with Crippen molar-refractivity contribution >= 4 is 12.0 Å². The third-order valence-corrected chi connectivity index (χ3v) is 2.71. The second-order valence-electron chi connectivity index (χ2n) is 5.44. The Hall–Kier alpha value is -2.11. The van der Waals surface area contributed by atoms with E-state index in [2.05, 4.69) is 5.32 Å². The first-order valence-corrected chi connectivity index (χ1v) is 6.22. The van der Waals surface area contributed by atoms with E-state index >= 15 is 0 Å². The topological polar surface area (TPSA) is 69.6 Å². The molecule has 6 heteroatoms. The minimum absolute atomic E-state index is 0.214. The Morgan fingerprint density at radius 2 is 1.80 bits per heavy atom. The lowest BCUT2D eigenvalue weighted by Gasteiger charge is -2.34. The molecule has 0 spiro atoms. The molecule has 1 rings (SSSR count). The maximum atomic E-state index is 12.8. The van der Waals surface area contributed by atoms with E-state index in [1.54, 1.807) is 32.9 Å². The molecule has 20 heavy (non-hydrogen) atoms. The van der Waals surface area contributed by atoms with E-state index in [0.717, 1.165) is 5.56 Å². The van der Waals surface area contributed by atoms with Crippen molar-refractivity contribution in [3.05, 3.63) is 35.6 Å². The molecule has 0 saturated carbocycles. The van der Waals surface area contributed by atoms with Crippen LogP contribution in [0.1, 0.15) is 26.3 Å². The lowest BCUT2D eigenvalue weighted by atomic mass is 10.1. The normalized spacial score (nSPS) is 11.0. The molecular formula is C14H19FN2O3. The summed E-state index contributed by atoms with van der Waals surface area (Å²) in [6.07, 6.45) is 0. The van der Waals surface area contributed by atoms with Crippen molar-refractivity contribution in [1.29, 1.82) is 0 Å². The number of carboxylic acid groups (broad SMARTS) is 1. The summed E-state index contributed by atoms with van der Waals surface area (Å²) in [6, 6.07) is 5.27. The number of rotatable bonds is 4. The lowest BCUT2D eigenvalue weighted by molar-refractivity contribution is -0.138. The number of hydrogen-bond acceptors (Lipinski definition) is 2. The third-order valence-electron chi connectivity index (χ3n) is 2.71. The minimum atomic E-state index is -1.07. The number of nitrogens with zero attached hydrogens (tertiary/aromatic N) is 1. The van der Waals surface area contributed by atoms with Crippen molar-refractivity contribution in [3.63, 3.8) is 0 Å². The van der Waals surface area contributed by atoms with E-state index in [1.807, 2.05) is 0 Å². The molecule has 1 aromatic carbocycles. The van der Waals surface area contributed by atoms with Crippen LogP contribution in [-0.2, 0) is 11.3 Å². The van der Waals surface area contributed by atoms with Gasteiger partial charge in [-0.2, -0.15) is 0 Å². The number of nitrogens with one attached hydrogen (secondary N) is 1. The van der Waals surface area contributed by atoms with E-state index in [9.17, 15) is 14.0 Å². The van der Waals surface area contributed by atoms with Crippen LogP contribution in [0.2, 0.25) is 0 Å². The first-order chi connectivity index (χ1) is 9.20. The van der Waals surface area contributed by atoms with Gasteiger partial charge in [0.1, 0.15) is 12.4 Å². The van der Waals surface area contributed by atoms with Gasteiger partial charge in [0.15, 0.2) is 0 Å². The van der Waals surface area contributed by atoms with Crippen LogP contribution in [0, 0.1) is 5.82 Å². The maximum absolute atomic E-state index is 12.8. The number of amides is 2. The van der Waals surface area contributed by atoms with Gasteiger partial charge in [-0.25, -0.2) is 9.18 Å². The zero-order valence-corrected chi connectivity index (χ0v) is 11.8. The van der Waals surface area contributed by atoms with Gasteiger partial charge in [-0.3, -0.25) is 4.79 Å². The standard InChI is InChI=1S/C14H19FN2O3/c1-14(2,3)17(9-12(18)19)13(20)16-8-10-4-6-11(15)7-5-10/h4-7H,8-9H2,1-3H3,(H,16,20)(H,18,19). The van der Waals surface area contributed by atoms with Gasteiger partial charge in [0.2, 0.25) is 0 Å². The Morgan fingerprint density at radius 1 is 1.25 bits per heavy atom. The SMILES string of the molecule is CC(C)(C)N(CC(=O)O)C(=O)NCc1ccc(F)cc1. The second-order valence-corrected chi connectivity index (χ2v) is 5.44. The van der Waals surface area contributed by atoms with Gasteiger partial charge in [-0.05, 0) is 38.5 Å². The summed E-state index contributed by atoms with van der Waals surface area (Å²) < 4.78 is 12.8. The summed E-state index contributed by atoms with van der Waals surface area (Å²) in [6.45, 7) is 5.11. The van der Waals surface area contributed by atoms with E-state index in [4.69, 9.17) is 5.11 Å². The quantitative estimate of drug-likeness (QED) is 0.889. The molecule has 0 heterocycles. The molecule has 0 unspecified atom stereocenters. The average Bonchev–Trinajstić information content (AvgIpc) is 2.33. The Balaban J connectivity index is 2.67. The van der Waals surface area contributed by atoms with Crippen LogP contribution in [0.25, 0.3) is 0 Å². The molecule has 0 bridgehead atoms. The van der Waals surface area contributed by atoms with Crippen molar-refractivity contribution in [1.82, 2.24) is 10.2 Å². The highest BCUT2D eigenvalue weighted by atomic mass is 19.1. The third kappa shape index (κ3) is 4.87. The fourth-order valence-electron chi connectivity index (χ4n) is 1.62. The Morgan fingerprint density at radius 3 is 2.25 bits per heavy atom. The molecule has 0 fully saturated rings. The largest absolute Gasteiger partial charge is 0.480 e. The first-order valence-electron chi connectivity index (χ1n) is 6.22. The van der Waals surface area contributed by atoms with Crippen LogP contribution in [0.3, 0.4) is 0 Å². The monoisotopic (exact) mass is 282 g/mol. The lowest BCUT2D eigenvalue weighted by Crippen LogP contribution is -2.52. The number of carboxylic acids is 1. The highest BCUT2D eigenvalue weighted by molar-refractivity contribution is 5.80. The van der Waals surface area contributed by atoms with Crippen molar-refractivity contribution < 1.29 is 19.1 Å². The smallest absolute Gasteiger partial charge is 0.323 e. The molecule has 0 aromatic heterocycles. The van der Waals surface area contributed by atoms with E-state index in [-0.39, 0.29) is 18.9 Å². The van der Waals surface area contributed by atoms with E-state index in [1.165, 1.54) is 17.0 Å². The second kappa shape index (κ2) is 6.36. The molecule has 0 aliphatic rings. The zero-order chi connectivity index (χ0) is 15.3. The summed E-state index contributed by atoms with van der Waals surface area (Å²) >= 11 is 0. The van der Waals surface area contributed by atoms with Crippen LogP contribution in [0.15, 0.2) is 24.3 Å². The fraction of sp³-hybridized carbons (Fsp3) is 0.429. The van der Waals surface area contributed by atoms with Gasteiger partial charge in [0.25, 0.3) is 0 Å². The molecule has 2 N–H and O–H groups in total. The maximum Gasteiger partial charge on any atom is 0.323 e. The minimum Gasteiger partial charge on any atom is -0.480 e. The van der Waals surface area contributed by atoms with Crippen molar-refractivity contribution in [2.75, 3.05) is 6.54 Å². The van der Waals surface area contributed by atoms with Crippen LogP contribution in [-0.4, -0.2) is 34.1 Å².